The molecule has 0 aromatic heterocycles. The van der Waals surface area contributed by atoms with Crippen LogP contribution >= 0.6 is 11.6 Å². The Labute approximate surface area is 122 Å². The molecular weight excluding hydrogens is 282 g/mol. The van der Waals surface area contributed by atoms with E-state index in [0.29, 0.717) is 12.1 Å². The number of anilines is 1. The molecule has 110 valence electrons. The zero-order valence-electron chi connectivity index (χ0n) is 11.7. The van der Waals surface area contributed by atoms with Gasteiger partial charge < -0.3 is 15.2 Å². The number of ether oxygens (including phenoxy) is 1. The molecule has 0 unspecified atom stereocenters. The summed E-state index contributed by atoms with van der Waals surface area (Å²) in [6, 6.07) is 4.68. The van der Waals surface area contributed by atoms with Crippen LogP contribution in [0.25, 0.3) is 0 Å². The van der Waals surface area contributed by atoms with Crippen molar-refractivity contribution in [1.82, 2.24) is 0 Å². The summed E-state index contributed by atoms with van der Waals surface area (Å²) in [5.41, 5.74) is 0.0782. The highest BCUT2D eigenvalue weighted by Crippen LogP contribution is 2.29. The predicted octanol–water partition coefficient (Wildman–Crippen LogP) is 3.18. The normalized spacial score (nSPS) is 11.0. The Morgan fingerprint density at radius 3 is 2.55 bits per heavy atom. The highest BCUT2D eigenvalue weighted by atomic mass is 35.5. The van der Waals surface area contributed by atoms with Crippen LogP contribution in [-0.2, 0) is 9.59 Å². The van der Waals surface area contributed by atoms with Gasteiger partial charge in [0.1, 0.15) is 5.75 Å². The van der Waals surface area contributed by atoms with Crippen molar-refractivity contribution < 1.29 is 19.4 Å². The highest BCUT2D eigenvalue weighted by molar-refractivity contribution is 6.32. The maximum Gasteiger partial charge on any atom is 0.341 e. The molecule has 0 aliphatic heterocycles. The molecule has 0 spiro atoms. The van der Waals surface area contributed by atoms with Crippen molar-refractivity contribution in [2.75, 3.05) is 11.9 Å². The van der Waals surface area contributed by atoms with Gasteiger partial charge in [0.15, 0.2) is 6.61 Å². The summed E-state index contributed by atoms with van der Waals surface area (Å²) in [5, 5.41) is 11.6. The highest BCUT2D eigenvalue weighted by Gasteiger charge is 2.25. The average molecular weight is 300 g/mol. The summed E-state index contributed by atoms with van der Waals surface area (Å²) in [5.74, 6) is -0.916. The number of aliphatic carboxylic acids is 1. The first-order valence-electron chi connectivity index (χ1n) is 6.22. The van der Waals surface area contributed by atoms with E-state index in [0.717, 1.165) is 0 Å². The maximum atomic E-state index is 12.0. The summed E-state index contributed by atoms with van der Waals surface area (Å²) in [7, 11) is 0. The molecule has 2 N–H and O–H groups in total. The number of benzene rings is 1. The lowest BCUT2D eigenvalue weighted by Gasteiger charge is -2.21. The Morgan fingerprint density at radius 2 is 2.05 bits per heavy atom. The van der Waals surface area contributed by atoms with Gasteiger partial charge >= 0.3 is 5.97 Å². The van der Waals surface area contributed by atoms with Crippen LogP contribution in [0.3, 0.4) is 0 Å². The van der Waals surface area contributed by atoms with Crippen LogP contribution < -0.4 is 10.1 Å². The summed E-state index contributed by atoms with van der Waals surface area (Å²) in [6.07, 6.45) is 0.715. The van der Waals surface area contributed by atoms with Crippen molar-refractivity contribution in [3.05, 3.63) is 23.2 Å². The first-order valence-corrected chi connectivity index (χ1v) is 6.59. The van der Waals surface area contributed by atoms with E-state index in [4.69, 9.17) is 21.4 Å². The minimum atomic E-state index is -1.08. The molecule has 1 aromatic carbocycles. The molecule has 0 bridgehead atoms. The van der Waals surface area contributed by atoms with Gasteiger partial charge in [0.05, 0.1) is 5.02 Å². The Hall–Kier alpha value is -1.75. The van der Waals surface area contributed by atoms with Gasteiger partial charge in [-0.15, -0.1) is 0 Å². The van der Waals surface area contributed by atoms with E-state index in [-0.39, 0.29) is 16.7 Å². The smallest absolute Gasteiger partial charge is 0.341 e. The Kier molecular flexibility index (Phi) is 5.39. The van der Waals surface area contributed by atoms with E-state index in [1.54, 1.807) is 6.07 Å². The molecule has 0 aliphatic rings. The van der Waals surface area contributed by atoms with Gasteiger partial charge in [0.2, 0.25) is 5.91 Å². The first kappa shape index (κ1) is 16.3. The van der Waals surface area contributed by atoms with Gasteiger partial charge in [-0.3, -0.25) is 4.79 Å². The molecule has 0 atom stereocenters. The van der Waals surface area contributed by atoms with E-state index >= 15 is 0 Å². The fraction of sp³-hybridized carbons (Fsp3) is 0.429. The molecule has 20 heavy (non-hydrogen) atoms. The fourth-order valence-corrected chi connectivity index (χ4v) is 1.53. The predicted molar refractivity (Wildman–Crippen MR) is 77.3 cm³/mol. The van der Waals surface area contributed by atoms with Crippen molar-refractivity contribution in [2.45, 2.75) is 27.2 Å². The van der Waals surface area contributed by atoms with Crippen LogP contribution in [0.15, 0.2) is 18.2 Å². The summed E-state index contributed by atoms with van der Waals surface area (Å²) < 4.78 is 5.00. The SMILES string of the molecule is CCC(C)(C)C(=O)Nc1ccc(OCC(=O)O)c(Cl)c1. The zero-order chi connectivity index (χ0) is 15.3. The first-order chi connectivity index (χ1) is 9.26. The van der Waals surface area contributed by atoms with Crippen molar-refractivity contribution in [1.29, 1.82) is 0 Å². The number of halogens is 1. The lowest BCUT2D eigenvalue weighted by molar-refractivity contribution is -0.139. The molecule has 1 rings (SSSR count). The number of hydrogen-bond acceptors (Lipinski definition) is 3. The quantitative estimate of drug-likeness (QED) is 0.846. The third-order valence-corrected chi connectivity index (χ3v) is 3.33. The standard InChI is InChI=1S/C14H18ClNO4/c1-4-14(2,3)13(19)16-9-5-6-11(10(15)7-9)20-8-12(17)18/h5-7H,4,8H2,1-3H3,(H,16,19)(H,17,18). The molecule has 0 aliphatic carbocycles. The number of carboxylic acid groups (broad SMARTS) is 1. The number of amides is 1. The van der Waals surface area contributed by atoms with E-state index < -0.39 is 18.0 Å². The van der Waals surface area contributed by atoms with E-state index in [1.807, 2.05) is 20.8 Å². The minimum absolute atomic E-state index is 0.102. The monoisotopic (exact) mass is 299 g/mol. The minimum Gasteiger partial charge on any atom is -0.480 e. The van der Waals surface area contributed by atoms with Gasteiger partial charge in [-0.25, -0.2) is 4.79 Å². The maximum absolute atomic E-state index is 12.0. The second kappa shape index (κ2) is 6.61. The van der Waals surface area contributed by atoms with Crippen LogP contribution in [0.1, 0.15) is 27.2 Å². The fourth-order valence-electron chi connectivity index (χ4n) is 1.30. The molecule has 6 heteroatoms. The van der Waals surface area contributed by atoms with Gasteiger partial charge in [0.25, 0.3) is 0 Å². The van der Waals surface area contributed by atoms with Crippen molar-refractivity contribution in [3.63, 3.8) is 0 Å². The molecule has 1 amide bonds. The van der Waals surface area contributed by atoms with Crippen molar-refractivity contribution >= 4 is 29.2 Å². The van der Waals surface area contributed by atoms with Gasteiger partial charge in [-0.2, -0.15) is 0 Å². The Balaban J connectivity index is 2.77. The Bertz CT molecular complexity index is 514. The number of carbonyl (C=O) groups is 2. The molecule has 0 heterocycles. The van der Waals surface area contributed by atoms with Crippen LogP contribution in [0.4, 0.5) is 5.69 Å². The number of nitrogens with one attached hydrogen (secondary N) is 1. The largest absolute Gasteiger partial charge is 0.480 e. The third-order valence-electron chi connectivity index (χ3n) is 3.04. The van der Waals surface area contributed by atoms with Crippen molar-refractivity contribution in [2.24, 2.45) is 5.41 Å². The molecular formula is C14H18ClNO4. The third kappa shape index (κ3) is 4.42. The van der Waals surface area contributed by atoms with E-state index in [1.165, 1.54) is 12.1 Å². The van der Waals surface area contributed by atoms with Crippen molar-refractivity contribution in [3.8, 4) is 5.75 Å². The number of hydrogen-bond donors (Lipinski definition) is 2. The summed E-state index contributed by atoms with van der Waals surface area (Å²) in [4.78, 5) is 22.4. The van der Waals surface area contributed by atoms with E-state index in [9.17, 15) is 9.59 Å². The second-order valence-electron chi connectivity index (χ2n) is 5.02. The van der Waals surface area contributed by atoms with Crippen LogP contribution in [0.5, 0.6) is 5.75 Å². The van der Waals surface area contributed by atoms with Gasteiger partial charge in [-0.05, 0) is 24.6 Å². The summed E-state index contributed by atoms with van der Waals surface area (Å²) in [6.45, 7) is 5.19. The van der Waals surface area contributed by atoms with Crippen LogP contribution in [0.2, 0.25) is 5.02 Å². The number of rotatable bonds is 6. The second-order valence-corrected chi connectivity index (χ2v) is 5.43. The zero-order valence-corrected chi connectivity index (χ0v) is 12.5. The molecule has 5 nitrogen and oxygen atoms in total. The lowest BCUT2D eigenvalue weighted by Crippen LogP contribution is -2.29. The molecule has 1 aromatic rings. The van der Waals surface area contributed by atoms with E-state index in [2.05, 4.69) is 5.32 Å². The van der Waals surface area contributed by atoms with Crippen LogP contribution in [0, 0.1) is 5.41 Å². The number of carbonyl (C=O) groups excluding carboxylic acids is 1. The summed E-state index contributed by atoms with van der Waals surface area (Å²) >= 11 is 5.98. The molecule has 0 radical (unpaired) electrons. The Morgan fingerprint density at radius 1 is 1.40 bits per heavy atom. The average Bonchev–Trinajstić information content (AvgIpc) is 2.37. The topological polar surface area (TPSA) is 75.6 Å². The van der Waals surface area contributed by atoms with Gasteiger partial charge in [0, 0.05) is 11.1 Å². The van der Waals surface area contributed by atoms with Gasteiger partial charge in [-0.1, -0.05) is 32.4 Å². The molecule has 0 saturated heterocycles. The number of carboxylic acids is 1. The van der Waals surface area contributed by atoms with Crippen LogP contribution in [-0.4, -0.2) is 23.6 Å². The molecule has 0 fully saturated rings. The lowest BCUT2D eigenvalue weighted by atomic mass is 9.89. The molecule has 0 saturated carbocycles.